The fraction of sp³-hybridized carbons (Fsp3) is 0.222. The van der Waals surface area contributed by atoms with Crippen molar-refractivity contribution < 1.29 is 4.42 Å². The van der Waals surface area contributed by atoms with Gasteiger partial charge in [-0.2, -0.15) is 0 Å². The molecule has 4 heteroatoms. The molecule has 0 aliphatic carbocycles. The quantitative estimate of drug-likeness (QED) is 0.648. The second-order valence-electron chi connectivity index (χ2n) is 3.00. The Morgan fingerprint density at radius 2 is 2.15 bits per heavy atom. The van der Waals surface area contributed by atoms with Crippen LogP contribution in [0.1, 0.15) is 5.56 Å². The molecule has 0 unspecified atom stereocenters. The van der Waals surface area contributed by atoms with Gasteiger partial charge in [0.1, 0.15) is 0 Å². The SMILES string of the molecule is Cc1cc2c(cc1Cl)oc(=O)n2C. The maximum absolute atomic E-state index is 11.1. The van der Waals surface area contributed by atoms with Crippen molar-refractivity contribution >= 4 is 22.7 Å². The number of hydrogen-bond acceptors (Lipinski definition) is 2. The molecule has 0 amide bonds. The molecule has 0 aliphatic heterocycles. The molecule has 0 fully saturated rings. The van der Waals surface area contributed by atoms with Gasteiger partial charge in [0.05, 0.1) is 5.52 Å². The molecule has 2 aromatic rings. The maximum atomic E-state index is 11.1. The van der Waals surface area contributed by atoms with Crippen LogP contribution in [0.3, 0.4) is 0 Å². The predicted octanol–water partition coefficient (Wildman–Crippen LogP) is 2.09. The van der Waals surface area contributed by atoms with E-state index in [0.717, 1.165) is 11.1 Å². The zero-order valence-corrected chi connectivity index (χ0v) is 8.05. The normalized spacial score (nSPS) is 11.0. The molecule has 0 saturated carbocycles. The fourth-order valence-corrected chi connectivity index (χ4v) is 1.41. The number of oxazole rings is 1. The van der Waals surface area contributed by atoms with Gasteiger partial charge in [0.2, 0.25) is 0 Å². The van der Waals surface area contributed by atoms with Crippen molar-refractivity contribution in [3.05, 3.63) is 33.3 Å². The lowest BCUT2D eigenvalue weighted by atomic mass is 10.2. The lowest BCUT2D eigenvalue weighted by Crippen LogP contribution is -2.08. The Bertz CT molecular complexity index is 524. The van der Waals surface area contributed by atoms with E-state index >= 15 is 0 Å². The van der Waals surface area contributed by atoms with Crippen LogP contribution in [0.15, 0.2) is 21.3 Å². The van der Waals surface area contributed by atoms with E-state index in [4.69, 9.17) is 16.0 Å². The van der Waals surface area contributed by atoms with Crippen LogP contribution in [0.4, 0.5) is 0 Å². The number of fused-ring (bicyclic) bond motifs is 1. The molecule has 1 aromatic carbocycles. The smallest absolute Gasteiger partial charge is 0.408 e. The van der Waals surface area contributed by atoms with Gasteiger partial charge in [-0.05, 0) is 18.6 Å². The summed E-state index contributed by atoms with van der Waals surface area (Å²) in [6, 6.07) is 3.50. The first-order chi connectivity index (χ1) is 6.09. The van der Waals surface area contributed by atoms with Gasteiger partial charge in [-0.15, -0.1) is 0 Å². The first-order valence-corrected chi connectivity index (χ1v) is 4.23. The summed E-state index contributed by atoms with van der Waals surface area (Å²) in [5, 5.41) is 0.613. The summed E-state index contributed by atoms with van der Waals surface area (Å²) >= 11 is 5.88. The molecule has 13 heavy (non-hydrogen) atoms. The number of rotatable bonds is 0. The fourth-order valence-electron chi connectivity index (χ4n) is 1.25. The number of aryl methyl sites for hydroxylation is 2. The topological polar surface area (TPSA) is 35.1 Å². The van der Waals surface area contributed by atoms with Gasteiger partial charge in [0.25, 0.3) is 0 Å². The number of hydrogen-bond donors (Lipinski definition) is 0. The predicted molar refractivity (Wildman–Crippen MR) is 51.2 cm³/mol. The van der Waals surface area contributed by atoms with Crippen molar-refractivity contribution in [2.45, 2.75) is 6.92 Å². The Morgan fingerprint density at radius 1 is 1.46 bits per heavy atom. The number of halogens is 1. The Hall–Kier alpha value is -1.22. The van der Waals surface area contributed by atoms with Crippen molar-refractivity contribution in [1.29, 1.82) is 0 Å². The summed E-state index contributed by atoms with van der Waals surface area (Å²) in [6.45, 7) is 1.89. The van der Waals surface area contributed by atoms with Gasteiger partial charge in [-0.1, -0.05) is 11.6 Å². The number of aromatic nitrogens is 1. The zero-order valence-electron chi connectivity index (χ0n) is 7.30. The van der Waals surface area contributed by atoms with Gasteiger partial charge in [0, 0.05) is 18.1 Å². The molecule has 3 nitrogen and oxygen atoms in total. The average molecular weight is 198 g/mol. The van der Waals surface area contributed by atoms with Gasteiger partial charge < -0.3 is 4.42 Å². The molecular weight excluding hydrogens is 190 g/mol. The van der Waals surface area contributed by atoms with Crippen LogP contribution in [-0.2, 0) is 7.05 Å². The lowest BCUT2D eigenvalue weighted by Gasteiger charge is -1.96. The van der Waals surface area contributed by atoms with E-state index in [0.29, 0.717) is 10.6 Å². The molecule has 0 spiro atoms. The van der Waals surface area contributed by atoms with Crippen LogP contribution >= 0.6 is 11.6 Å². The van der Waals surface area contributed by atoms with Crippen LogP contribution in [0.2, 0.25) is 5.02 Å². The number of nitrogens with zero attached hydrogens (tertiary/aromatic N) is 1. The van der Waals surface area contributed by atoms with E-state index in [1.54, 1.807) is 13.1 Å². The molecule has 0 radical (unpaired) electrons. The minimum absolute atomic E-state index is 0.364. The maximum Gasteiger partial charge on any atom is 0.419 e. The van der Waals surface area contributed by atoms with Crippen molar-refractivity contribution in [1.82, 2.24) is 4.57 Å². The third-order valence-corrected chi connectivity index (χ3v) is 2.48. The third kappa shape index (κ3) is 1.16. The standard InChI is InChI=1S/C9H8ClNO2/c1-5-3-7-8(4-6(5)10)13-9(12)11(7)2/h3-4H,1-2H3. The van der Waals surface area contributed by atoms with E-state index < -0.39 is 0 Å². The summed E-state index contributed by atoms with van der Waals surface area (Å²) in [4.78, 5) is 11.1. The van der Waals surface area contributed by atoms with Gasteiger partial charge >= 0.3 is 5.76 Å². The van der Waals surface area contributed by atoms with Crippen LogP contribution in [0.5, 0.6) is 0 Å². The summed E-state index contributed by atoms with van der Waals surface area (Å²) in [5.41, 5.74) is 2.24. The van der Waals surface area contributed by atoms with Gasteiger partial charge in [0.15, 0.2) is 5.58 Å². The molecular formula is C9H8ClNO2. The Morgan fingerprint density at radius 3 is 2.85 bits per heavy atom. The van der Waals surface area contributed by atoms with Crippen molar-refractivity contribution in [2.75, 3.05) is 0 Å². The van der Waals surface area contributed by atoms with Crippen molar-refractivity contribution in [3.8, 4) is 0 Å². The summed E-state index contributed by atoms with van der Waals surface area (Å²) in [5.74, 6) is -0.364. The van der Waals surface area contributed by atoms with E-state index in [2.05, 4.69) is 0 Å². The first-order valence-electron chi connectivity index (χ1n) is 3.85. The third-order valence-electron chi connectivity index (χ3n) is 2.07. The van der Waals surface area contributed by atoms with E-state index in [-0.39, 0.29) is 5.76 Å². The van der Waals surface area contributed by atoms with E-state index in [1.165, 1.54) is 4.57 Å². The minimum atomic E-state index is -0.364. The van der Waals surface area contributed by atoms with Gasteiger partial charge in [-0.25, -0.2) is 4.79 Å². The molecule has 1 aromatic heterocycles. The second-order valence-corrected chi connectivity index (χ2v) is 3.40. The summed E-state index contributed by atoms with van der Waals surface area (Å²) in [6.07, 6.45) is 0. The molecule has 0 atom stereocenters. The van der Waals surface area contributed by atoms with Crippen molar-refractivity contribution in [3.63, 3.8) is 0 Å². The highest BCUT2D eigenvalue weighted by Gasteiger charge is 2.07. The van der Waals surface area contributed by atoms with Crippen LogP contribution in [0, 0.1) is 6.92 Å². The Kier molecular flexibility index (Phi) is 1.70. The van der Waals surface area contributed by atoms with E-state index in [1.807, 2.05) is 13.0 Å². The summed E-state index contributed by atoms with van der Waals surface area (Å²) in [7, 11) is 1.67. The molecule has 0 bridgehead atoms. The molecule has 0 N–H and O–H groups in total. The van der Waals surface area contributed by atoms with Crippen molar-refractivity contribution in [2.24, 2.45) is 7.05 Å². The van der Waals surface area contributed by atoms with Crippen LogP contribution < -0.4 is 5.76 Å². The highest BCUT2D eigenvalue weighted by atomic mass is 35.5. The Labute approximate surface area is 79.5 Å². The molecule has 0 saturated heterocycles. The van der Waals surface area contributed by atoms with Gasteiger partial charge in [-0.3, -0.25) is 4.57 Å². The minimum Gasteiger partial charge on any atom is -0.408 e. The molecule has 68 valence electrons. The lowest BCUT2D eigenvalue weighted by molar-refractivity contribution is 0.528. The van der Waals surface area contributed by atoms with E-state index in [9.17, 15) is 4.79 Å². The molecule has 0 aliphatic rings. The molecule has 2 rings (SSSR count). The highest BCUT2D eigenvalue weighted by Crippen LogP contribution is 2.21. The summed E-state index contributed by atoms with van der Waals surface area (Å²) < 4.78 is 6.41. The second kappa shape index (κ2) is 2.64. The molecule has 1 heterocycles. The zero-order chi connectivity index (χ0) is 9.59. The monoisotopic (exact) mass is 197 g/mol. The highest BCUT2D eigenvalue weighted by molar-refractivity contribution is 6.32. The van der Waals surface area contributed by atoms with Crippen LogP contribution in [0.25, 0.3) is 11.1 Å². The largest absolute Gasteiger partial charge is 0.419 e. The average Bonchev–Trinajstić information content (AvgIpc) is 2.32. The Balaban J connectivity index is 2.97. The van der Waals surface area contributed by atoms with Crippen LogP contribution in [-0.4, -0.2) is 4.57 Å². The first kappa shape index (κ1) is 8.38. The number of benzene rings is 1.